The topological polar surface area (TPSA) is 79.4 Å². The summed E-state index contributed by atoms with van der Waals surface area (Å²) in [4.78, 5) is 18.0. The molecule has 0 aliphatic carbocycles. The van der Waals surface area contributed by atoms with Gasteiger partial charge in [-0.2, -0.15) is 13.2 Å². The molecule has 0 spiro atoms. The van der Waals surface area contributed by atoms with Crippen LogP contribution in [0, 0.1) is 5.82 Å². The van der Waals surface area contributed by atoms with Gasteiger partial charge >= 0.3 is 6.18 Å². The molecule has 1 unspecified atom stereocenters. The number of nitrogens with two attached hydrogens (primary N) is 1. The van der Waals surface area contributed by atoms with Crippen LogP contribution in [-0.4, -0.2) is 51.2 Å². The smallest absolute Gasteiger partial charge is 0.366 e. The van der Waals surface area contributed by atoms with Gasteiger partial charge in [-0.05, 0) is 19.0 Å². The number of fused-ring (bicyclic) bond motifs is 3. The highest BCUT2D eigenvalue weighted by Crippen LogP contribution is 2.38. The van der Waals surface area contributed by atoms with Crippen molar-refractivity contribution in [2.24, 2.45) is 5.73 Å². The number of likely N-dealkylation sites (tertiary alicyclic amines) is 1. The first kappa shape index (κ1) is 18.7. The van der Waals surface area contributed by atoms with Crippen molar-refractivity contribution in [3.63, 3.8) is 0 Å². The Bertz CT molecular complexity index is 1070. The third kappa shape index (κ3) is 3.11. The molecule has 1 amide bonds. The first-order valence-electron chi connectivity index (χ1n) is 8.86. The second kappa shape index (κ2) is 6.20. The molecule has 1 aliphatic heterocycles. The molecule has 1 aliphatic rings. The summed E-state index contributed by atoms with van der Waals surface area (Å²) in [7, 11) is 0. The van der Waals surface area contributed by atoms with E-state index >= 15 is 0 Å². The number of hydrogen-bond acceptors (Lipinski definition) is 3. The Morgan fingerprint density at radius 2 is 2.14 bits per heavy atom. The molecule has 0 radical (unpaired) electrons. The maximum Gasteiger partial charge on any atom is 0.390 e. The zero-order chi connectivity index (χ0) is 20.3. The fourth-order valence-electron chi connectivity index (χ4n) is 4.06. The molecule has 2 aromatic heterocycles. The Morgan fingerprint density at radius 3 is 2.82 bits per heavy atom. The van der Waals surface area contributed by atoms with E-state index in [1.807, 2.05) is 6.92 Å². The molecular weight excluding hydrogens is 378 g/mol. The standard InChI is InChI=1S/C18H19F4N5O/c1-17(2-4-26(9-17)5-3-18(20,21)22)12-8-24-27-14-11(15(23)28)6-10(19)7-13(14)25-16(12)27/h6-8,24H,2-5,9H2,1H3,(H2,23,28). The number of H-pyrrole nitrogens is 1. The minimum atomic E-state index is -4.18. The number of benzene rings is 1. The summed E-state index contributed by atoms with van der Waals surface area (Å²) in [6.07, 6.45) is -2.63. The fraction of sp³-hybridized carbons (Fsp3) is 0.444. The normalized spacial score (nSPS) is 21.2. The van der Waals surface area contributed by atoms with Crippen molar-refractivity contribution in [3.05, 3.63) is 35.3 Å². The highest BCUT2D eigenvalue weighted by Gasteiger charge is 2.39. The minimum Gasteiger partial charge on any atom is -0.366 e. The van der Waals surface area contributed by atoms with Crippen LogP contribution in [0.2, 0.25) is 0 Å². The van der Waals surface area contributed by atoms with Crippen LogP contribution in [0.25, 0.3) is 16.7 Å². The number of nitrogens with one attached hydrogen (secondary N) is 1. The van der Waals surface area contributed by atoms with Crippen molar-refractivity contribution < 1.29 is 22.4 Å². The number of primary amides is 1. The highest BCUT2D eigenvalue weighted by atomic mass is 19.4. The second-order valence-electron chi connectivity index (χ2n) is 7.60. The summed E-state index contributed by atoms with van der Waals surface area (Å²) in [5.74, 6) is -1.39. The van der Waals surface area contributed by atoms with Crippen LogP contribution >= 0.6 is 0 Å². The van der Waals surface area contributed by atoms with Gasteiger partial charge in [0.2, 0.25) is 0 Å². The Balaban J connectivity index is 1.72. The van der Waals surface area contributed by atoms with Gasteiger partial charge in [0.05, 0.1) is 17.5 Å². The van der Waals surface area contributed by atoms with E-state index in [2.05, 4.69) is 10.1 Å². The molecule has 10 heteroatoms. The predicted octanol–water partition coefficient (Wildman–Crippen LogP) is 2.97. The molecule has 6 nitrogen and oxygen atoms in total. The highest BCUT2D eigenvalue weighted by molar-refractivity contribution is 6.05. The zero-order valence-corrected chi connectivity index (χ0v) is 15.1. The molecule has 3 aromatic rings. The minimum absolute atomic E-state index is 0.0132. The molecule has 4 rings (SSSR count). The number of hydrogen-bond donors (Lipinski definition) is 2. The van der Waals surface area contributed by atoms with Crippen LogP contribution in [0.5, 0.6) is 0 Å². The number of alkyl halides is 3. The molecule has 150 valence electrons. The molecule has 28 heavy (non-hydrogen) atoms. The molecule has 3 heterocycles. The van der Waals surface area contributed by atoms with E-state index in [-0.39, 0.29) is 17.6 Å². The SMILES string of the molecule is CC1(c2c[nH]n3c2nc2cc(F)cc(C(N)=O)c23)CCN(CCC(F)(F)F)C1. The van der Waals surface area contributed by atoms with E-state index in [0.717, 1.165) is 11.6 Å². The molecule has 3 N–H and O–H groups in total. The first-order valence-corrected chi connectivity index (χ1v) is 8.86. The average Bonchev–Trinajstić information content (AvgIpc) is 3.24. The van der Waals surface area contributed by atoms with Gasteiger partial charge in [-0.3, -0.25) is 9.89 Å². The number of imidazole rings is 1. The van der Waals surface area contributed by atoms with Gasteiger partial charge in [-0.1, -0.05) is 6.92 Å². The van der Waals surface area contributed by atoms with Crippen LogP contribution in [-0.2, 0) is 5.41 Å². The lowest BCUT2D eigenvalue weighted by atomic mass is 9.83. The fourth-order valence-corrected chi connectivity index (χ4v) is 4.06. The molecule has 1 saturated heterocycles. The van der Waals surface area contributed by atoms with Crippen LogP contribution in [0.3, 0.4) is 0 Å². The zero-order valence-electron chi connectivity index (χ0n) is 15.1. The van der Waals surface area contributed by atoms with Crippen molar-refractivity contribution in [1.82, 2.24) is 19.5 Å². The van der Waals surface area contributed by atoms with E-state index in [9.17, 15) is 22.4 Å². The van der Waals surface area contributed by atoms with Crippen LogP contribution < -0.4 is 5.73 Å². The molecule has 0 bridgehead atoms. The van der Waals surface area contributed by atoms with E-state index in [4.69, 9.17) is 5.73 Å². The van der Waals surface area contributed by atoms with Crippen molar-refractivity contribution in [1.29, 1.82) is 0 Å². The Hall–Kier alpha value is -2.62. The summed E-state index contributed by atoms with van der Waals surface area (Å²) in [6.45, 7) is 2.92. The molecule has 0 saturated carbocycles. The number of halogens is 4. The number of carbonyl (C=O) groups is 1. The monoisotopic (exact) mass is 397 g/mol. The lowest BCUT2D eigenvalue weighted by Crippen LogP contribution is -2.30. The number of amides is 1. The second-order valence-corrected chi connectivity index (χ2v) is 7.60. The molecule has 1 fully saturated rings. The van der Waals surface area contributed by atoms with E-state index in [1.54, 1.807) is 15.6 Å². The van der Waals surface area contributed by atoms with Crippen molar-refractivity contribution in [2.75, 3.05) is 19.6 Å². The largest absolute Gasteiger partial charge is 0.390 e. The van der Waals surface area contributed by atoms with Crippen LogP contribution in [0.1, 0.15) is 35.7 Å². The Morgan fingerprint density at radius 1 is 1.39 bits per heavy atom. The average molecular weight is 397 g/mol. The van der Waals surface area contributed by atoms with Crippen molar-refractivity contribution in [2.45, 2.75) is 31.4 Å². The number of rotatable bonds is 4. The van der Waals surface area contributed by atoms with Gasteiger partial charge in [-0.15, -0.1) is 0 Å². The third-order valence-electron chi connectivity index (χ3n) is 5.47. The number of nitrogens with zero attached hydrogens (tertiary/aromatic N) is 3. The summed E-state index contributed by atoms with van der Waals surface area (Å²) in [5, 5.41) is 3.02. The van der Waals surface area contributed by atoms with Gasteiger partial charge in [0.25, 0.3) is 5.91 Å². The van der Waals surface area contributed by atoms with Crippen molar-refractivity contribution >= 4 is 22.6 Å². The lowest BCUT2D eigenvalue weighted by Gasteiger charge is -2.24. The predicted molar refractivity (Wildman–Crippen MR) is 94.6 cm³/mol. The summed E-state index contributed by atoms with van der Waals surface area (Å²) in [5.41, 5.74) is 6.98. The number of aromatic amines is 1. The van der Waals surface area contributed by atoms with E-state index < -0.39 is 29.7 Å². The Labute approximate surface area is 157 Å². The molecular formula is C18H19F4N5O. The van der Waals surface area contributed by atoms with Gasteiger partial charge in [0, 0.05) is 36.3 Å². The van der Waals surface area contributed by atoms with E-state index in [0.29, 0.717) is 30.7 Å². The van der Waals surface area contributed by atoms with Gasteiger partial charge in [0.15, 0.2) is 5.65 Å². The Kier molecular flexibility index (Phi) is 4.14. The first-order chi connectivity index (χ1) is 13.1. The summed E-state index contributed by atoms with van der Waals surface area (Å²) in [6, 6.07) is 2.29. The van der Waals surface area contributed by atoms with Crippen molar-refractivity contribution in [3.8, 4) is 0 Å². The van der Waals surface area contributed by atoms with Gasteiger partial charge < -0.3 is 10.6 Å². The lowest BCUT2D eigenvalue weighted by molar-refractivity contribution is -0.137. The summed E-state index contributed by atoms with van der Waals surface area (Å²) < 4.78 is 53.0. The molecule has 1 atom stereocenters. The van der Waals surface area contributed by atoms with Gasteiger partial charge in [0.1, 0.15) is 11.3 Å². The van der Waals surface area contributed by atoms with Gasteiger partial charge in [-0.25, -0.2) is 13.9 Å². The maximum absolute atomic E-state index is 13.8. The van der Waals surface area contributed by atoms with E-state index in [1.165, 1.54) is 6.07 Å². The number of aromatic nitrogens is 3. The summed E-state index contributed by atoms with van der Waals surface area (Å²) >= 11 is 0. The van der Waals surface area contributed by atoms with Crippen LogP contribution in [0.4, 0.5) is 17.6 Å². The number of carbonyl (C=O) groups excluding carboxylic acids is 1. The quantitative estimate of drug-likeness (QED) is 0.665. The third-order valence-corrected chi connectivity index (χ3v) is 5.47. The molecule has 1 aromatic carbocycles. The van der Waals surface area contributed by atoms with Crippen LogP contribution in [0.15, 0.2) is 18.3 Å². The maximum atomic E-state index is 13.8.